The van der Waals surface area contributed by atoms with Crippen molar-refractivity contribution >= 4 is 5.97 Å². The SMILES string of the molecule is C=C1C(C(=O)OCC)CN(CCC2CCCCC2)C2CC(F)C(F)C(C)C12. The predicted octanol–water partition coefficient (Wildman–Crippen LogP) is 4.71. The van der Waals surface area contributed by atoms with Crippen molar-refractivity contribution in [2.75, 3.05) is 19.7 Å². The third-order valence-corrected chi connectivity index (χ3v) is 7.18. The van der Waals surface area contributed by atoms with Gasteiger partial charge in [0.1, 0.15) is 12.3 Å². The summed E-state index contributed by atoms with van der Waals surface area (Å²) in [6.45, 7) is 9.43. The van der Waals surface area contributed by atoms with E-state index in [9.17, 15) is 13.6 Å². The number of hydrogen-bond donors (Lipinski definition) is 0. The highest BCUT2D eigenvalue weighted by atomic mass is 19.2. The normalized spacial score (nSPS) is 38.4. The van der Waals surface area contributed by atoms with Gasteiger partial charge in [0, 0.05) is 18.5 Å². The second-order valence-corrected chi connectivity index (χ2v) is 8.82. The molecule has 0 radical (unpaired) electrons. The van der Waals surface area contributed by atoms with Gasteiger partial charge in [-0.15, -0.1) is 0 Å². The maximum absolute atomic E-state index is 14.4. The minimum absolute atomic E-state index is 0.0521. The number of piperidine rings is 1. The summed E-state index contributed by atoms with van der Waals surface area (Å²) in [5.74, 6) is -0.612. The van der Waals surface area contributed by atoms with Crippen molar-refractivity contribution in [3.05, 3.63) is 12.2 Å². The minimum Gasteiger partial charge on any atom is -0.465 e. The molecule has 6 unspecified atom stereocenters. The van der Waals surface area contributed by atoms with Crippen LogP contribution in [-0.2, 0) is 9.53 Å². The van der Waals surface area contributed by atoms with E-state index in [2.05, 4.69) is 11.5 Å². The van der Waals surface area contributed by atoms with Gasteiger partial charge in [-0.2, -0.15) is 0 Å². The first kappa shape index (κ1) is 20.8. The van der Waals surface area contributed by atoms with Crippen LogP contribution in [0.4, 0.5) is 8.78 Å². The number of halogens is 2. The average Bonchev–Trinajstić information content (AvgIpc) is 2.66. The molecule has 1 saturated heterocycles. The zero-order valence-corrected chi connectivity index (χ0v) is 16.8. The van der Waals surface area contributed by atoms with Crippen molar-refractivity contribution in [1.82, 2.24) is 4.90 Å². The molecule has 2 saturated carbocycles. The molecule has 0 spiro atoms. The van der Waals surface area contributed by atoms with Crippen LogP contribution in [0, 0.1) is 23.7 Å². The molecule has 3 aliphatic rings. The molecule has 5 heteroatoms. The van der Waals surface area contributed by atoms with Crippen LogP contribution in [0.2, 0.25) is 0 Å². The summed E-state index contributed by atoms with van der Waals surface area (Å²) in [6, 6.07) is -0.0521. The summed E-state index contributed by atoms with van der Waals surface area (Å²) in [7, 11) is 0. The number of hydrogen-bond acceptors (Lipinski definition) is 3. The first-order chi connectivity index (χ1) is 12.9. The summed E-state index contributed by atoms with van der Waals surface area (Å²) in [6.07, 6.45) is 4.84. The van der Waals surface area contributed by atoms with Crippen LogP contribution in [-0.4, -0.2) is 49.0 Å². The van der Waals surface area contributed by atoms with Gasteiger partial charge in [-0.1, -0.05) is 51.2 Å². The van der Waals surface area contributed by atoms with Crippen molar-refractivity contribution in [3.8, 4) is 0 Å². The van der Waals surface area contributed by atoms with Crippen molar-refractivity contribution < 1.29 is 18.3 Å². The highest BCUT2D eigenvalue weighted by molar-refractivity contribution is 5.76. The number of fused-ring (bicyclic) bond motifs is 1. The van der Waals surface area contributed by atoms with Gasteiger partial charge in [0.25, 0.3) is 0 Å². The van der Waals surface area contributed by atoms with Gasteiger partial charge in [0.2, 0.25) is 0 Å². The fourth-order valence-corrected chi connectivity index (χ4v) is 5.62. The lowest BCUT2D eigenvalue weighted by molar-refractivity contribution is -0.150. The van der Waals surface area contributed by atoms with E-state index in [0.29, 0.717) is 13.2 Å². The van der Waals surface area contributed by atoms with E-state index in [-0.39, 0.29) is 24.3 Å². The van der Waals surface area contributed by atoms with Gasteiger partial charge in [-0.05, 0) is 38.1 Å². The third-order valence-electron chi connectivity index (χ3n) is 7.18. The lowest BCUT2D eigenvalue weighted by Gasteiger charge is -2.52. The van der Waals surface area contributed by atoms with E-state index >= 15 is 0 Å². The molecule has 0 N–H and O–H groups in total. The number of ether oxygens (including phenoxy) is 1. The Hall–Kier alpha value is -0.970. The number of carbonyl (C=O) groups excluding carboxylic acids is 1. The van der Waals surface area contributed by atoms with Crippen LogP contribution in [0.25, 0.3) is 0 Å². The van der Waals surface area contributed by atoms with Crippen LogP contribution < -0.4 is 0 Å². The van der Waals surface area contributed by atoms with Gasteiger partial charge >= 0.3 is 5.97 Å². The molecule has 0 bridgehead atoms. The average molecular weight is 384 g/mol. The monoisotopic (exact) mass is 383 g/mol. The fraction of sp³-hybridized carbons (Fsp3) is 0.864. The molecule has 1 aliphatic heterocycles. The van der Waals surface area contributed by atoms with E-state index in [1.165, 1.54) is 32.1 Å². The second kappa shape index (κ2) is 9.02. The van der Waals surface area contributed by atoms with Crippen molar-refractivity contribution in [1.29, 1.82) is 0 Å². The number of alkyl halides is 2. The van der Waals surface area contributed by atoms with E-state index in [1.54, 1.807) is 13.8 Å². The Morgan fingerprint density at radius 3 is 2.63 bits per heavy atom. The van der Waals surface area contributed by atoms with Crippen molar-refractivity contribution in [3.63, 3.8) is 0 Å². The molecule has 3 rings (SSSR count). The highest BCUT2D eigenvalue weighted by Gasteiger charge is 2.51. The molecule has 3 fully saturated rings. The number of nitrogens with zero attached hydrogens (tertiary/aromatic N) is 1. The second-order valence-electron chi connectivity index (χ2n) is 8.82. The highest BCUT2D eigenvalue weighted by Crippen LogP contribution is 2.46. The molecule has 0 aromatic heterocycles. The third kappa shape index (κ3) is 4.38. The Labute approximate surface area is 162 Å². The molecule has 0 aromatic carbocycles. The molecular formula is C22H35F2NO2. The van der Waals surface area contributed by atoms with Crippen molar-refractivity contribution in [2.24, 2.45) is 23.7 Å². The molecule has 154 valence electrons. The van der Waals surface area contributed by atoms with Crippen LogP contribution in [0.3, 0.4) is 0 Å². The zero-order chi connectivity index (χ0) is 19.6. The van der Waals surface area contributed by atoms with E-state index in [0.717, 1.165) is 24.5 Å². The Morgan fingerprint density at radius 1 is 1.26 bits per heavy atom. The predicted molar refractivity (Wildman–Crippen MR) is 103 cm³/mol. The molecular weight excluding hydrogens is 348 g/mol. The summed E-state index contributed by atoms with van der Waals surface area (Å²) in [4.78, 5) is 14.8. The summed E-state index contributed by atoms with van der Waals surface area (Å²) in [5.41, 5.74) is 0.745. The quantitative estimate of drug-likeness (QED) is 0.509. The topological polar surface area (TPSA) is 29.5 Å². The molecule has 6 atom stereocenters. The van der Waals surface area contributed by atoms with Crippen LogP contribution >= 0.6 is 0 Å². The Morgan fingerprint density at radius 2 is 1.96 bits per heavy atom. The Balaban J connectivity index is 1.76. The molecule has 0 amide bonds. The number of likely N-dealkylation sites (tertiary alicyclic amines) is 1. The van der Waals surface area contributed by atoms with Gasteiger partial charge < -0.3 is 4.74 Å². The molecule has 2 aliphatic carbocycles. The number of rotatable bonds is 5. The lowest BCUT2D eigenvalue weighted by Crippen LogP contribution is -2.59. The maximum Gasteiger partial charge on any atom is 0.314 e. The van der Waals surface area contributed by atoms with Gasteiger partial charge in [0.05, 0.1) is 12.5 Å². The van der Waals surface area contributed by atoms with Gasteiger partial charge in [0.15, 0.2) is 0 Å². The minimum atomic E-state index is -1.48. The standard InChI is InChI=1S/C22H35F2NO2/c1-4-27-22(26)17-13-25(11-10-16-8-6-5-7-9-16)19-12-18(23)21(24)15(3)20(19)14(17)2/h15-21H,2,4-13H2,1,3H3. The van der Waals surface area contributed by atoms with Crippen LogP contribution in [0.15, 0.2) is 12.2 Å². The Bertz CT molecular complexity index is 534. The van der Waals surface area contributed by atoms with Crippen molar-refractivity contribution in [2.45, 2.75) is 77.2 Å². The number of esters is 1. The summed E-state index contributed by atoms with van der Waals surface area (Å²) in [5, 5.41) is 0. The fourth-order valence-electron chi connectivity index (χ4n) is 5.62. The molecule has 3 nitrogen and oxygen atoms in total. The summed E-state index contributed by atoms with van der Waals surface area (Å²) < 4.78 is 34.1. The zero-order valence-electron chi connectivity index (χ0n) is 16.8. The van der Waals surface area contributed by atoms with E-state index in [4.69, 9.17) is 4.74 Å². The number of carbonyl (C=O) groups is 1. The smallest absolute Gasteiger partial charge is 0.314 e. The van der Waals surface area contributed by atoms with Gasteiger partial charge in [-0.25, -0.2) is 8.78 Å². The van der Waals surface area contributed by atoms with Gasteiger partial charge in [-0.3, -0.25) is 9.69 Å². The largest absolute Gasteiger partial charge is 0.465 e. The molecule has 27 heavy (non-hydrogen) atoms. The van der Waals surface area contributed by atoms with E-state index < -0.39 is 24.2 Å². The van der Waals surface area contributed by atoms with Crippen LogP contribution in [0.5, 0.6) is 0 Å². The van der Waals surface area contributed by atoms with E-state index in [1.807, 2.05) is 0 Å². The first-order valence-electron chi connectivity index (χ1n) is 10.8. The Kier molecular flexibility index (Phi) is 6.93. The molecule has 1 heterocycles. The lowest BCUT2D eigenvalue weighted by atomic mass is 9.65. The first-order valence-corrected chi connectivity index (χ1v) is 10.8. The maximum atomic E-state index is 14.4. The summed E-state index contributed by atoms with van der Waals surface area (Å²) >= 11 is 0. The molecule has 0 aromatic rings. The van der Waals surface area contributed by atoms with Crippen LogP contribution in [0.1, 0.15) is 58.8 Å².